The molecule has 6 nitrogen and oxygen atoms in total. The van der Waals surface area contributed by atoms with Crippen LogP contribution in [0.4, 0.5) is 13.2 Å². The van der Waals surface area contributed by atoms with Crippen LogP contribution in [0.3, 0.4) is 0 Å². The third-order valence-corrected chi connectivity index (χ3v) is 3.15. The van der Waals surface area contributed by atoms with E-state index >= 15 is 0 Å². The average Bonchev–Trinajstić information content (AvgIpc) is 3.01. The van der Waals surface area contributed by atoms with Gasteiger partial charge in [0.1, 0.15) is 6.54 Å². The molecule has 0 bridgehead atoms. The summed E-state index contributed by atoms with van der Waals surface area (Å²) in [5, 5.41) is 12.1. The Balaban J connectivity index is 2.07. The molecule has 9 heteroatoms. The van der Waals surface area contributed by atoms with Gasteiger partial charge in [-0.3, -0.25) is 14.5 Å². The van der Waals surface area contributed by atoms with Gasteiger partial charge < -0.3 is 4.90 Å². The average molecular weight is 337 g/mol. The Kier molecular flexibility index (Phi) is 5.52. The van der Waals surface area contributed by atoms with Gasteiger partial charge in [-0.15, -0.1) is 0 Å². The van der Waals surface area contributed by atoms with Crippen LogP contribution in [0.5, 0.6) is 0 Å². The van der Waals surface area contributed by atoms with Crippen molar-refractivity contribution in [3.8, 4) is 6.07 Å². The number of aromatic nitrogens is 3. The fourth-order valence-corrected chi connectivity index (χ4v) is 2.00. The van der Waals surface area contributed by atoms with Crippen molar-refractivity contribution in [3.63, 3.8) is 0 Å². The number of pyridine rings is 1. The third kappa shape index (κ3) is 4.81. The van der Waals surface area contributed by atoms with Gasteiger partial charge >= 0.3 is 6.18 Å². The Morgan fingerprint density at radius 2 is 2.12 bits per heavy atom. The highest BCUT2D eigenvalue weighted by atomic mass is 19.4. The zero-order chi connectivity index (χ0) is 17.6. The van der Waals surface area contributed by atoms with Gasteiger partial charge in [0.05, 0.1) is 24.7 Å². The van der Waals surface area contributed by atoms with E-state index in [0.29, 0.717) is 5.69 Å². The number of nitriles is 1. The molecule has 0 aliphatic carbocycles. The fourth-order valence-electron chi connectivity index (χ4n) is 2.00. The van der Waals surface area contributed by atoms with Gasteiger partial charge in [0.2, 0.25) is 5.91 Å². The summed E-state index contributed by atoms with van der Waals surface area (Å²) in [6.45, 7) is 0.00238. The number of rotatable bonds is 6. The van der Waals surface area contributed by atoms with Gasteiger partial charge in [-0.25, -0.2) is 0 Å². The van der Waals surface area contributed by atoms with Gasteiger partial charge in [-0.2, -0.15) is 23.5 Å². The minimum absolute atomic E-state index is 0.117. The van der Waals surface area contributed by atoms with Crippen molar-refractivity contribution in [1.82, 2.24) is 19.7 Å². The van der Waals surface area contributed by atoms with Gasteiger partial charge in [0, 0.05) is 18.9 Å². The minimum atomic E-state index is -4.55. The summed E-state index contributed by atoms with van der Waals surface area (Å²) in [7, 11) is 0. The molecule has 0 saturated carbocycles. The van der Waals surface area contributed by atoms with E-state index in [1.807, 2.05) is 6.07 Å². The van der Waals surface area contributed by atoms with E-state index in [0.717, 1.165) is 16.9 Å². The number of hydrogen-bond acceptors (Lipinski definition) is 4. The van der Waals surface area contributed by atoms with Gasteiger partial charge in [0.15, 0.2) is 5.69 Å². The molecule has 1 amide bonds. The Labute approximate surface area is 136 Å². The van der Waals surface area contributed by atoms with Crippen LogP contribution in [0.2, 0.25) is 0 Å². The number of hydrogen-bond donors (Lipinski definition) is 0. The molecule has 2 heterocycles. The first kappa shape index (κ1) is 17.5. The molecule has 0 atom stereocenters. The number of carbonyl (C=O) groups is 1. The molecule has 2 aromatic heterocycles. The van der Waals surface area contributed by atoms with Crippen molar-refractivity contribution in [1.29, 1.82) is 5.26 Å². The van der Waals surface area contributed by atoms with Gasteiger partial charge in [0.25, 0.3) is 0 Å². The number of carbonyl (C=O) groups excluding carboxylic acids is 1. The Bertz CT molecular complexity index is 721. The molecule has 0 aliphatic heterocycles. The number of halogens is 3. The lowest BCUT2D eigenvalue weighted by molar-refractivity contribution is -0.142. The van der Waals surface area contributed by atoms with Crippen LogP contribution in [0.25, 0.3) is 0 Å². The maximum atomic E-state index is 12.5. The second kappa shape index (κ2) is 7.59. The Hall–Kier alpha value is -2.89. The molecule has 0 unspecified atom stereocenters. The second-order valence-electron chi connectivity index (χ2n) is 4.94. The number of amides is 1. The highest BCUT2D eigenvalue weighted by molar-refractivity contribution is 5.75. The molecule has 2 aromatic rings. The molecular formula is C15H14F3N5O. The monoisotopic (exact) mass is 337 g/mol. The van der Waals surface area contributed by atoms with E-state index in [2.05, 4.69) is 10.1 Å². The normalized spacial score (nSPS) is 11.1. The molecule has 126 valence electrons. The van der Waals surface area contributed by atoms with E-state index in [9.17, 15) is 18.0 Å². The van der Waals surface area contributed by atoms with Crippen LogP contribution >= 0.6 is 0 Å². The zero-order valence-corrected chi connectivity index (χ0v) is 12.6. The van der Waals surface area contributed by atoms with Crippen molar-refractivity contribution in [2.75, 3.05) is 6.54 Å². The van der Waals surface area contributed by atoms with Crippen molar-refractivity contribution >= 4 is 5.91 Å². The predicted octanol–water partition coefficient (Wildman–Crippen LogP) is 2.24. The van der Waals surface area contributed by atoms with Crippen LogP contribution in [-0.4, -0.2) is 32.1 Å². The van der Waals surface area contributed by atoms with E-state index < -0.39 is 17.8 Å². The summed E-state index contributed by atoms with van der Waals surface area (Å²) in [5.74, 6) is -0.437. The molecule has 24 heavy (non-hydrogen) atoms. The number of alkyl halides is 3. The molecule has 2 rings (SSSR count). The first-order valence-electron chi connectivity index (χ1n) is 7.05. The summed E-state index contributed by atoms with van der Waals surface area (Å²) in [6.07, 6.45) is -1.76. The Morgan fingerprint density at radius 1 is 1.33 bits per heavy atom. The van der Waals surface area contributed by atoms with Crippen LogP contribution in [0, 0.1) is 11.3 Å². The lowest BCUT2D eigenvalue weighted by Crippen LogP contribution is -2.34. The van der Waals surface area contributed by atoms with Crippen molar-refractivity contribution < 1.29 is 18.0 Å². The fraction of sp³-hybridized carbons (Fsp3) is 0.333. The highest BCUT2D eigenvalue weighted by Crippen LogP contribution is 2.27. The quantitative estimate of drug-likeness (QED) is 0.810. The van der Waals surface area contributed by atoms with E-state index in [1.165, 1.54) is 4.90 Å². The topological polar surface area (TPSA) is 74.8 Å². The molecule has 0 N–H and O–H groups in total. The molecule has 0 spiro atoms. The van der Waals surface area contributed by atoms with Crippen LogP contribution in [0.1, 0.15) is 17.8 Å². The molecule has 0 aromatic carbocycles. The molecule has 0 radical (unpaired) electrons. The maximum Gasteiger partial charge on any atom is 0.435 e. The van der Waals surface area contributed by atoms with Crippen molar-refractivity contribution in [3.05, 3.63) is 48.0 Å². The summed E-state index contributed by atoms with van der Waals surface area (Å²) < 4.78 is 38.5. The van der Waals surface area contributed by atoms with Gasteiger partial charge in [-0.05, 0) is 18.2 Å². The lowest BCUT2D eigenvalue weighted by atomic mass is 10.3. The second-order valence-corrected chi connectivity index (χ2v) is 4.94. The molecule has 0 saturated heterocycles. The largest absolute Gasteiger partial charge is 0.435 e. The molecule has 0 aliphatic rings. The summed E-state index contributed by atoms with van der Waals surface area (Å²) in [6, 6.07) is 7.97. The summed E-state index contributed by atoms with van der Waals surface area (Å²) in [5.41, 5.74) is -0.427. The third-order valence-electron chi connectivity index (χ3n) is 3.15. The highest BCUT2D eigenvalue weighted by Gasteiger charge is 2.33. The maximum absolute atomic E-state index is 12.5. The summed E-state index contributed by atoms with van der Waals surface area (Å²) >= 11 is 0. The van der Waals surface area contributed by atoms with Crippen LogP contribution < -0.4 is 0 Å². The smallest absolute Gasteiger partial charge is 0.334 e. The van der Waals surface area contributed by atoms with E-state index in [-0.39, 0.29) is 26.1 Å². The summed E-state index contributed by atoms with van der Waals surface area (Å²) in [4.78, 5) is 17.8. The standard InChI is InChI=1S/C15H14F3N5O/c16-15(17,18)13-5-9-23(21-13)11-14(24)22(8-3-6-19)10-12-4-1-2-7-20-12/h1-2,4-5,7,9H,3,8,10-11H2. The van der Waals surface area contributed by atoms with Crippen LogP contribution in [0.15, 0.2) is 36.7 Å². The number of nitrogens with zero attached hydrogens (tertiary/aromatic N) is 5. The van der Waals surface area contributed by atoms with Crippen LogP contribution in [-0.2, 0) is 24.1 Å². The SMILES string of the molecule is N#CCCN(Cc1ccccn1)C(=O)Cn1ccc(C(F)(F)F)n1. The van der Waals surface area contributed by atoms with E-state index in [4.69, 9.17) is 5.26 Å². The molecule has 0 fully saturated rings. The van der Waals surface area contributed by atoms with Gasteiger partial charge in [-0.1, -0.05) is 6.07 Å². The lowest BCUT2D eigenvalue weighted by Gasteiger charge is -2.21. The van der Waals surface area contributed by atoms with Crippen molar-refractivity contribution in [2.45, 2.75) is 25.7 Å². The molecular weight excluding hydrogens is 323 g/mol. The Morgan fingerprint density at radius 3 is 2.71 bits per heavy atom. The predicted molar refractivity (Wildman–Crippen MR) is 77.1 cm³/mol. The first-order valence-corrected chi connectivity index (χ1v) is 7.05. The minimum Gasteiger partial charge on any atom is -0.334 e. The van der Waals surface area contributed by atoms with E-state index in [1.54, 1.807) is 24.4 Å². The zero-order valence-electron chi connectivity index (χ0n) is 12.6. The first-order chi connectivity index (χ1) is 11.4. The van der Waals surface area contributed by atoms with Crippen molar-refractivity contribution in [2.24, 2.45) is 0 Å².